The van der Waals surface area contributed by atoms with Crippen molar-refractivity contribution in [1.82, 2.24) is 15.1 Å². The van der Waals surface area contributed by atoms with Crippen LogP contribution in [0, 0.1) is 0 Å². The molecule has 0 saturated heterocycles. The standard InChI is InChI=1S/C22H23N3O4/c1-27-18-12-16-10-11-25(14-17(16)13-19(18)28-2)21(26)9-8-20-23-24-22(29-20)15-6-4-3-5-7-15/h3-7,12-13H,8-11,14H2,1-2H3. The molecule has 0 atom stereocenters. The molecule has 1 aromatic heterocycles. The second-order valence-electron chi connectivity index (χ2n) is 6.91. The maximum atomic E-state index is 12.7. The lowest BCUT2D eigenvalue weighted by atomic mass is 9.98. The summed E-state index contributed by atoms with van der Waals surface area (Å²) in [5.41, 5.74) is 3.15. The number of carbonyl (C=O) groups excluding carboxylic acids is 1. The van der Waals surface area contributed by atoms with Crippen molar-refractivity contribution >= 4 is 5.91 Å². The number of carbonyl (C=O) groups is 1. The maximum absolute atomic E-state index is 12.7. The SMILES string of the molecule is COc1cc2c(cc1OC)CN(C(=O)CCc1nnc(-c3ccccc3)o1)CC2. The number of nitrogens with zero attached hydrogens (tertiary/aromatic N) is 3. The lowest BCUT2D eigenvalue weighted by Gasteiger charge is -2.29. The van der Waals surface area contributed by atoms with Crippen LogP contribution >= 0.6 is 0 Å². The average molecular weight is 393 g/mol. The van der Waals surface area contributed by atoms with Crippen LogP contribution in [0.4, 0.5) is 0 Å². The van der Waals surface area contributed by atoms with Gasteiger partial charge < -0.3 is 18.8 Å². The summed E-state index contributed by atoms with van der Waals surface area (Å²) in [6.07, 6.45) is 1.55. The highest BCUT2D eigenvalue weighted by molar-refractivity contribution is 5.76. The Morgan fingerprint density at radius 3 is 2.52 bits per heavy atom. The van der Waals surface area contributed by atoms with Crippen molar-refractivity contribution in [2.75, 3.05) is 20.8 Å². The van der Waals surface area contributed by atoms with E-state index in [1.807, 2.05) is 47.4 Å². The molecule has 2 aromatic carbocycles. The Kier molecular flexibility index (Phi) is 5.46. The highest BCUT2D eigenvalue weighted by Crippen LogP contribution is 2.33. The van der Waals surface area contributed by atoms with Crippen LogP contribution < -0.4 is 9.47 Å². The van der Waals surface area contributed by atoms with Crippen molar-refractivity contribution in [3.05, 3.63) is 59.5 Å². The summed E-state index contributed by atoms with van der Waals surface area (Å²) >= 11 is 0. The molecule has 4 rings (SSSR count). The van der Waals surface area contributed by atoms with Gasteiger partial charge in [0.1, 0.15) is 0 Å². The minimum atomic E-state index is 0.0740. The van der Waals surface area contributed by atoms with E-state index in [0.717, 1.165) is 23.3 Å². The quantitative estimate of drug-likeness (QED) is 0.640. The smallest absolute Gasteiger partial charge is 0.247 e. The van der Waals surface area contributed by atoms with Crippen LogP contribution in [-0.4, -0.2) is 41.8 Å². The van der Waals surface area contributed by atoms with E-state index in [4.69, 9.17) is 13.9 Å². The van der Waals surface area contributed by atoms with Gasteiger partial charge in [0.2, 0.25) is 17.7 Å². The van der Waals surface area contributed by atoms with Crippen LogP contribution in [0.15, 0.2) is 46.9 Å². The fourth-order valence-corrected chi connectivity index (χ4v) is 3.52. The zero-order chi connectivity index (χ0) is 20.2. The number of aromatic nitrogens is 2. The van der Waals surface area contributed by atoms with Gasteiger partial charge in [0.15, 0.2) is 11.5 Å². The van der Waals surface area contributed by atoms with Crippen LogP contribution in [-0.2, 0) is 24.2 Å². The molecule has 0 fully saturated rings. The number of hydrogen-bond acceptors (Lipinski definition) is 6. The van der Waals surface area contributed by atoms with Gasteiger partial charge in [0.25, 0.3) is 0 Å². The first kappa shape index (κ1) is 19.0. The number of aryl methyl sites for hydroxylation is 1. The topological polar surface area (TPSA) is 77.7 Å². The Morgan fingerprint density at radius 1 is 1.07 bits per heavy atom. The highest BCUT2D eigenvalue weighted by atomic mass is 16.5. The van der Waals surface area contributed by atoms with Crippen molar-refractivity contribution in [1.29, 1.82) is 0 Å². The molecule has 7 heteroatoms. The van der Waals surface area contributed by atoms with Gasteiger partial charge in [-0.3, -0.25) is 4.79 Å². The molecule has 0 bridgehead atoms. The summed E-state index contributed by atoms with van der Waals surface area (Å²) in [5.74, 6) is 2.42. The van der Waals surface area contributed by atoms with E-state index in [1.54, 1.807) is 14.2 Å². The summed E-state index contributed by atoms with van der Waals surface area (Å²) in [4.78, 5) is 14.6. The van der Waals surface area contributed by atoms with E-state index < -0.39 is 0 Å². The monoisotopic (exact) mass is 393 g/mol. The largest absolute Gasteiger partial charge is 0.493 e. The number of ether oxygens (including phenoxy) is 2. The molecule has 1 aliphatic rings. The van der Waals surface area contributed by atoms with E-state index >= 15 is 0 Å². The van der Waals surface area contributed by atoms with Crippen molar-refractivity contribution < 1.29 is 18.7 Å². The molecule has 0 spiro atoms. The van der Waals surface area contributed by atoms with Gasteiger partial charge in [0, 0.05) is 31.5 Å². The summed E-state index contributed by atoms with van der Waals surface area (Å²) in [7, 11) is 3.24. The fraction of sp³-hybridized carbons (Fsp3) is 0.318. The molecule has 0 radical (unpaired) electrons. The Morgan fingerprint density at radius 2 is 1.79 bits per heavy atom. The van der Waals surface area contributed by atoms with Gasteiger partial charge in [-0.05, 0) is 41.8 Å². The third kappa shape index (κ3) is 4.08. The number of methoxy groups -OCH3 is 2. The van der Waals surface area contributed by atoms with Crippen LogP contribution in [0.3, 0.4) is 0 Å². The number of amides is 1. The van der Waals surface area contributed by atoms with Gasteiger partial charge in [-0.25, -0.2) is 0 Å². The zero-order valence-corrected chi connectivity index (χ0v) is 16.6. The van der Waals surface area contributed by atoms with Gasteiger partial charge in [-0.15, -0.1) is 10.2 Å². The predicted molar refractivity (Wildman–Crippen MR) is 107 cm³/mol. The minimum Gasteiger partial charge on any atom is -0.493 e. The van der Waals surface area contributed by atoms with Gasteiger partial charge >= 0.3 is 0 Å². The Balaban J connectivity index is 1.38. The van der Waals surface area contributed by atoms with Crippen molar-refractivity contribution in [3.63, 3.8) is 0 Å². The summed E-state index contributed by atoms with van der Waals surface area (Å²) in [6.45, 7) is 1.24. The molecule has 0 saturated carbocycles. The van der Waals surface area contributed by atoms with Crippen molar-refractivity contribution in [2.45, 2.75) is 25.8 Å². The van der Waals surface area contributed by atoms with E-state index in [0.29, 0.717) is 43.5 Å². The minimum absolute atomic E-state index is 0.0740. The van der Waals surface area contributed by atoms with E-state index in [9.17, 15) is 4.79 Å². The predicted octanol–water partition coefficient (Wildman–Crippen LogP) is 3.27. The summed E-state index contributed by atoms with van der Waals surface area (Å²) in [5, 5.41) is 8.14. The van der Waals surface area contributed by atoms with Crippen molar-refractivity contribution in [3.8, 4) is 23.0 Å². The third-order valence-electron chi connectivity index (χ3n) is 5.11. The third-order valence-corrected chi connectivity index (χ3v) is 5.11. The molecule has 2 heterocycles. The number of fused-ring (bicyclic) bond motifs is 1. The van der Waals surface area contributed by atoms with Crippen LogP contribution in [0.1, 0.15) is 23.4 Å². The maximum Gasteiger partial charge on any atom is 0.247 e. The Labute approximate surface area is 169 Å². The number of benzene rings is 2. The second kappa shape index (κ2) is 8.34. The molecule has 150 valence electrons. The van der Waals surface area contributed by atoms with Gasteiger partial charge in [-0.2, -0.15) is 0 Å². The normalized spacial score (nSPS) is 13.1. The molecule has 3 aromatic rings. The molecule has 1 aliphatic heterocycles. The molecule has 1 amide bonds. The molecule has 0 N–H and O–H groups in total. The Hall–Kier alpha value is -3.35. The lowest BCUT2D eigenvalue weighted by molar-refractivity contribution is -0.132. The van der Waals surface area contributed by atoms with E-state index in [-0.39, 0.29) is 5.91 Å². The van der Waals surface area contributed by atoms with Crippen molar-refractivity contribution in [2.24, 2.45) is 0 Å². The van der Waals surface area contributed by atoms with Crippen LogP contribution in [0.2, 0.25) is 0 Å². The fourth-order valence-electron chi connectivity index (χ4n) is 3.52. The first-order chi connectivity index (χ1) is 14.2. The van der Waals surface area contributed by atoms with Crippen LogP contribution in [0.5, 0.6) is 11.5 Å². The summed E-state index contributed by atoms with van der Waals surface area (Å²) < 4.78 is 16.5. The second-order valence-corrected chi connectivity index (χ2v) is 6.91. The van der Waals surface area contributed by atoms with Gasteiger partial charge in [0.05, 0.1) is 14.2 Å². The van der Waals surface area contributed by atoms with Crippen LogP contribution in [0.25, 0.3) is 11.5 Å². The molecule has 29 heavy (non-hydrogen) atoms. The molecular formula is C22H23N3O4. The highest BCUT2D eigenvalue weighted by Gasteiger charge is 2.23. The first-order valence-electron chi connectivity index (χ1n) is 9.57. The molecule has 0 unspecified atom stereocenters. The van der Waals surface area contributed by atoms with E-state index in [2.05, 4.69) is 10.2 Å². The number of rotatable bonds is 6. The number of hydrogen-bond donors (Lipinski definition) is 0. The Bertz CT molecular complexity index is 1000. The van der Waals surface area contributed by atoms with E-state index in [1.165, 1.54) is 5.56 Å². The molecule has 7 nitrogen and oxygen atoms in total. The lowest BCUT2D eigenvalue weighted by Crippen LogP contribution is -2.36. The van der Waals surface area contributed by atoms with Gasteiger partial charge in [-0.1, -0.05) is 18.2 Å². The zero-order valence-electron chi connectivity index (χ0n) is 16.6. The molecule has 0 aliphatic carbocycles. The molecular weight excluding hydrogens is 370 g/mol. The average Bonchev–Trinajstić information content (AvgIpc) is 3.25. The first-order valence-corrected chi connectivity index (χ1v) is 9.57. The summed E-state index contributed by atoms with van der Waals surface area (Å²) in [6, 6.07) is 13.6.